The molecule has 4 aromatic rings. The molecule has 0 bridgehead atoms. The standard InChI is InChI=1S/C20H23N7O/c1-5-22-19(28)14-8-11-6-7-12(9-13(11)25-14)16-15-17(21)23-10-24-18(15)27(26-16)20(2,3)4/h6-10,25H,5H2,1-4H3,(H,22,28)(H2,21,23,24). The van der Waals surface area contributed by atoms with Crippen LogP contribution in [0, 0.1) is 0 Å². The van der Waals surface area contributed by atoms with E-state index in [4.69, 9.17) is 10.8 Å². The van der Waals surface area contributed by atoms with Crippen molar-refractivity contribution in [2.24, 2.45) is 0 Å². The van der Waals surface area contributed by atoms with Crippen LogP contribution in [-0.2, 0) is 5.54 Å². The number of anilines is 1. The van der Waals surface area contributed by atoms with Gasteiger partial charge in [0.1, 0.15) is 23.5 Å². The Morgan fingerprint density at radius 2 is 2.04 bits per heavy atom. The zero-order chi connectivity index (χ0) is 20.1. The zero-order valence-corrected chi connectivity index (χ0v) is 16.4. The zero-order valence-electron chi connectivity index (χ0n) is 16.4. The first-order valence-corrected chi connectivity index (χ1v) is 9.20. The molecule has 4 rings (SSSR count). The Morgan fingerprint density at radius 1 is 1.25 bits per heavy atom. The highest BCUT2D eigenvalue weighted by atomic mass is 16.1. The Balaban J connectivity index is 1.90. The third-order valence-corrected chi connectivity index (χ3v) is 4.61. The fraction of sp³-hybridized carbons (Fsp3) is 0.300. The summed E-state index contributed by atoms with van der Waals surface area (Å²) in [5.41, 5.74) is 9.60. The minimum Gasteiger partial charge on any atom is -0.383 e. The minimum atomic E-state index is -0.265. The van der Waals surface area contributed by atoms with Crippen molar-refractivity contribution in [3.63, 3.8) is 0 Å². The summed E-state index contributed by atoms with van der Waals surface area (Å²) in [5.74, 6) is 0.269. The lowest BCUT2D eigenvalue weighted by Crippen LogP contribution is -2.23. The van der Waals surface area contributed by atoms with Crippen molar-refractivity contribution in [2.75, 3.05) is 12.3 Å². The van der Waals surface area contributed by atoms with Crippen LogP contribution in [0.1, 0.15) is 38.2 Å². The number of nitrogen functional groups attached to an aromatic ring is 1. The van der Waals surface area contributed by atoms with Gasteiger partial charge in [-0.3, -0.25) is 4.79 Å². The van der Waals surface area contributed by atoms with E-state index in [1.165, 1.54) is 6.33 Å². The Kier molecular flexibility index (Phi) is 4.06. The molecule has 28 heavy (non-hydrogen) atoms. The van der Waals surface area contributed by atoms with Gasteiger partial charge in [-0.15, -0.1) is 0 Å². The summed E-state index contributed by atoms with van der Waals surface area (Å²) in [6.07, 6.45) is 1.46. The molecule has 1 aromatic carbocycles. The number of nitrogens with one attached hydrogen (secondary N) is 2. The van der Waals surface area contributed by atoms with Crippen LogP contribution in [0.3, 0.4) is 0 Å². The maximum absolute atomic E-state index is 12.1. The maximum atomic E-state index is 12.1. The topological polar surface area (TPSA) is 115 Å². The van der Waals surface area contributed by atoms with E-state index in [-0.39, 0.29) is 11.4 Å². The lowest BCUT2D eigenvalue weighted by molar-refractivity contribution is 0.0951. The summed E-state index contributed by atoms with van der Waals surface area (Å²) in [5, 5.41) is 9.29. The van der Waals surface area contributed by atoms with Gasteiger partial charge in [-0.05, 0) is 39.8 Å². The average molecular weight is 377 g/mol. The van der Waals surface area contributed by atoms with E-state index < -0.39 is 0 Å². The SMILES string of the molecule is CCNC(=O)c1cc2ccc(-c3nn(C(C)(C)C)c4ncnc(N)c34)cc2[nH]1. The van der Waals surface area contributed by atoms with Crippen LogP contribution < -0.4 is 11.1 Å². The summed E-state index contributed by atoms with van der Waals surface area (Å²) in [6.45, 7) is 8.66. The molecule has 8 nitrogen and oxygen atoms in total. The van der Waals surface area contributed by atoms with Gasteiger partial charge in [0.25, 0.3) is 5.91 Å². The van der Waals surface area contributed by atoms with Gasteiger partial charge < -0.3 is 16.0 Å². The Morgan fingerprint density at radius 3 is 2.75 bits per heavy atom. The number of amides is 1. The van der Waals surface area contributed by atoms with E-state index in [1.54, 1.807) is 0 Å². The maximum Gasteiger partial charge on any atom is 0.267 e. The van der Waals surface area contributed by atoms with Crippen LogP contribution in [0.15, 0.2) is 30.6 Å². The van der Waals surface area contributed by atoms with Crippen molar-refractivity contribution in [1.82, 2.24) is 30.0 Å². The third-order valence-electron chi connectivity index (χ3n) is 4.61. The quantitative estimate of drug-likeness (QED) is 0.508. The molecule has 0 unspecified atom stereocenters. The van der Waals surface area contributed by atoms with Crippen molar-refractivity contribution in [3.8, 4) is 11.3 Å². The number of carbonyl (C=O) groups is 1. The van der Waals surface area contributed by atoms with Gasteiger partial charge in [-0.2, -0.15) is 5.10 Å². The third kappa shape index (κ3) is 2.87. The summed E-state index contributed by atoms with van der Waals surface area (Å²) in [6, 6.07) is 7.75. The number of rotatable bonds is 3. The molecule has 3 aromatic heterocycles. The fourth-order valence-corrected chi connectivity index (χ4v) is 3.30. The molecular formula is C20H23N7O. The molecule has 0 saturated heterocycles. The molecule has 0 spiro atoms. The largest absolute Gasteiger partial charge is 0.383 e. The van der Waals surface area contributed by atoms with Gasteiger partial charge in [0, 0.05) is 23.0 Å². The first-order chi connectivity index (χ1) is 13.3. The van der Waals surface area contributed by atoms with Crippen LogP contribution in [0.25, 0.3) is 33.2 Å². The molecule has 0 aliphatic carbocycles. The van der Waals surface area contributed by atoms with Gasteiger partial charge >= 0.3 is 0 Å². The molecule has 0 saturated carbocycles. The van der Waals surface area contributed by atoms with Gasteiger partial charge in [0.2, 0.25) is 0 Å². The molecule has 3 heterocycles. The molecule has 0 fully saturated rings. The normalized spacial score (nSPS) is 12.0. The number of nitrogens with zero attached hydrogens (tertiary/aromatic N) is 4. The monoisotopic (exact) mass is 377 g/mol. The molecular weight excluding hydrogens is 354 g/mol. The smallest absolute Gasteiger partial charge is 0.267 e. The highest BCUT2D eigenvalue weighted by Gasteiger charge is 2.24. The number of nitrogens with two attached hydrogens (primary N) is 1. The number of aromatic nitrogens is 5. The molecule has 0 radical (unpaired) electrons. The molecule has 8 heteroatoms. The lowest BCUT2D eigenvalue weighted by Gasteiger charge is -2.19. The number of benzene rings is 1. The van der Waals surface area contributed by atoms with E-state index in [9.17, 15) is 4.79 Å². The van der Waals surface area contributed by atoms with Crippen LogP contribution in [0.5, 0.6) is 0 Å². The van der Waals surface area contributed by atoms with Crippen molar-refractivity contribution < 1.29 is 4.79 Å². The van der Waals surface area contributed by atoms with Gasteiger partial charge in [0.05, 0.1) is 10.9 Å². The predicted octanol–water partition coefficient (Wildman–Crippen LogP) is 3.06. The van der Waals surface area contributed by atoms with Crippen LogP contribution in [0.4, 0.5) is 5.82 Å². The van der Waals surface area contributed by atoms with Crippen LogP contribution >= 0.6 is 0 Å². The summed E-state index contributed by atoms with van der Waals surface area (Å²) in [4.78, 5) is 23.9. The van der Waals surface area contributed by atoms with E-state index >= 15 is 0 Å². The number of carbonyl (C=O) groups excluding carboxylic acids is 1. The number of fused-ring (bicyclic) bond motifs is 2. The first kappa shape index (κ1) is 18.0. The minimum absolute atomic E-state index is 0.125. The molecule has 144 valence electrons. The summed E-state index contributed by atoms with van der Waals surface area (Å²) in [7, 11) is 0. The lowest BCUT2D eigenvalue weighted by atomic mass is 10.1. The van der Waals surface area contributed by atoms with E-state index in [0.717, 1.165) is 27.5 Å². The second-order valence-electron chi connectivity index (χ2n) is 7.73. The average Bonchev–Trinajstić information content (AvgIpc) is 3.23. The first-order valence-electron chi connectivity index (χ1n) is 9.20. The number of aromatic amines is 1. The summed E-state index contributed by atoms with van der Waals surface area (Å²) < 4.78 is 1.87. The molecule has 0 aliphatic rings. The van der Waals surface area contributed by atoms with E-state index in [0.29, 0.717) is 23.7 Å². The number of H-pyrrole nitrogens is 1. The Labute approximate surface area is 162 Å². The fourth-order valence-electron chi connectivity index (χ4n) is 3.30. The molecule has 0 aliphatic heterocycles. The summed E-state index contributed by atoms with van der Waals surface area (Å²) >= 11 is 0. The molecule has 1 amide bonds. The van der Waals surface area contributed by atoms with Crippen LogP contribution in [0.2, 0.25) is 0 Å². The molecule has 0 atom stereocenters. The number of hydrogen-bond donors (Lipinski definition) is 3. The van der Waals surface area contributed by atoms with Gasteiger partial charge in [-0.25, -0.2) is 14.6 Å². The second kappa shape index (κ2) is 6.33. The highest BCUT2D eigenvalue weighted by Crippen LogP contribution is 2.34. The van der Waals surface area contributed by atoms with Crippen molar-refractivity contribution in [1.29, 1.82) is 0 Å². The van der Waals surface area contributed by atoms with E-state index in [2.05, 4.69) is 41.0 Å². The number of hydrogen-bond acceptors (Lipinski definition) is 5. The Hall–Kier alpha value is -3.42. The van der Waals surface area contributed by atoms with Crippen LogP contribution in [-0.4, -0.2) is 37.2 Å². The van der Waals surface area contributed by atoms with Gasteiger partial charge in [0.15, 0.2) is 5.65 Å². The van der Waals surface area contributed by atoms with Crippen molar-refractivity contribution in [2.45, 2.75) is 33.2 Å². The van der Waals surface area contributed by atoms with E-state index in [1.807, 2.05) is 35.9 Å². The van der Waals surface area contributed by atoms with Crippen molar-refractivity contribution in [3.05, 3.63) is 36.3 Å². The predicted molar refractivity (Wildman–Crippen MR) is 110 cm³/mol. The second-order valence-corrected chi connectivity index (χ2v) is 7.73. The highest BCUT2D eigenvalue weighted by molar-refractivity contribution is 6.02. The Bertz CT molecular complexity index is 1200. The van der Waals surface area contributed by atoms with Crippen molar-refractivity contribution >= 4 is 33.7 Å². The molecule has 4 N–H and O–H groups in total. The van der Waals surface area contributed by atoms with Gasteiger partial charge in [-0.1, -0.05) is 12.1 Å².